The molecule has 0 spiro atoms. The Kier molecular flexibility index (Phi) is 4.25. The van der Waals surface area contributed by atoms with Gasteiger partial charge < -0.3 is 15.8 Å². The van der Waals surface area contributed by atoms with Gasteiger partial charge in [-0.05, 0) is 36.2 Å². The normalized spacial score (nSPS) is 11.7. The fraction of sp³-hybridized carbons (Fsp3) is 0.188. The second-order valence-electron chi connectivity index (χ2n) is 4.57. The molecule has 20 heavy (non-hydrogen) atoms. The van der Waals surface area contributed by atoms with Crippen LogP contribution in [0.3, 0.4) is 0 Å². The van der Waals surface area contributed by atoms with Crippen LogP contribution >= 0.6 is 0 Å². The number of nitrogens with one attached hydrogen (secondary N) is 1. The van der Waals surface area contributed by atoms with Crippen LogP contribution in [-0.2, 0) is 4.79 Å². The van der Waals surface area contributed by atoms with Crippen molar-refractivity contribution in [1.82, 2.24) is 0 Å². The summed E-state index contributed by atoms with van der Waals surface area (Å²) in [4.78, 5) is 11.7. The van der Waals surface area contributed by atoms with Crippen LogP contribution in [0.1, 0.15) is 17.2 Å². The van der Waals surface area contributed by atoms with Crippen LogP contribution in [0.25, 0.3) is 0 Å². The Morgan fingerprint density at radius 1 is 1.15 bits per heavy atom. The number of hydrogen-bond acceptors (Lipinski definition) is 3. The molecule has 3 N–H and O–H groups in total. The van der Waals surface area contributed by atoms with Gasteiger partial charge in [-0.3, -0.25) is 4.79 Å². The van der Waals surface area contributed by atoms with E-state index < -0.39 is 11.9 Å². The first kappa shape index (κ1) is 13.9. The SMILES string of the molecule is COc1ccc(C(Nc2ccccc2C)C(N)=O)cc1. The summed E-state index contributed by atoms with van der Waals surface area (Å²) >= 11 is 0. The van der Waals surface area contributed by atoms with Crippen molar-refractivity contribution in [3.8, 4) is 5.75 Å². The monoisotopic (exact) mass is 270 g/mol. The maximum Gasteiger partial charge on any atom is 0.244 e. The molecule has 2 rings (SSSR count). The summed E-state index contributed by atoms with van der Waals surface area (Å²) in [5.74, 6) is 0.325. The Balaban J connectivity index is 2.27. The summed E-state index contributed by atoms with van der Waals surface area (Å²) < 4.78 is 5.11. The fourth-order valence-corrected chi connectivity index (χ4v) is 2.01. The topological polar surface area (TPSA) is 64.3 Å². The van der Waals surface area contributed by atoms with Crippen molar-refractivity contribution in [3.05, 3.63) is 59.7 Å². The molecule has 0 radical (unpaired) electrons. The molecular weight excluding hydrogens is 252 g/mol. The minimum Gasteiger partial charge on any atom is -0.497 e. The standard InChI is InChI=1S/C16H18N2O2/c1-11-5-3-4-6-14(11)18-15(16(17)19)12-7-9-13(20-2)10-8-12/h3-10,15,18H,1-2H3,(H2,17,19). The lowest BCUT2D eigenvalue weighted by atomic mass is 10.0. The van der Waals surface area contributed by atoms with Crippen molar-refractivity contribution in [2.24, 2.45) is 5.73 Å². The van der Waals surface area contributed by atoms with E-state index in [4.69, 9.17) is 10.5 Å². The molecular formula is C16H18N2O2. The molecule has 0 fully saturated rings. The van der Waals surface area contributed by atoms with E-state index >= 15 is 0 Å². The molecule has 1 unspecified atom stereocenters. The molecule has 0 saturated carbocycles. The smallest absolute Gasteiger partial charge is 0.244 e. The summed E-state index contributed by atoms with van der Waals surface area (Å²) in [6.45, 7) is 1.98. The van der Waals surface area contributed by atoms with Gasteiger partial charge in [0.1, 0.15) is 11.8 Å². The molecule has 0 bridgehead atoms. The van der Waals surface area contributed by atoms with E-state index in [1.165, 1.54) is 0 Å². The Labute approximate surface area is 118 Å². The summed E-state index contributed by atoms with van der Waals surface area (Å²) in [5, 5.41) is 3.19. The number of benzene rings is 2. The molecule has 2 aromatic rings. The highest BCUT2D eigenvalue weighted by molar-refractivity contribution is 5.84. The van der Waals surface area contributed by atoms with Gasteiger partial charge in [0.15, 0.2) is 0 Å². The number of nitrogens with two attached hydrogens (primary N) is 1. The molecule has 0 aromatic heterocycles. The number of amides is 1. The largest absolute Gasteiger partial charge is 0.497 e. The Morgan fingerprint density at radius 3 is 2.35 bits per heavy atom. The first-order chi connectivity index (χ1) is 9.61. The predicted molar refractivity (Wildman–Crippen MR) is 79.7 cm³/mol. The molecule has 4 nitrogen and oxygen atoms in total. The number of hydrogen-bond donors (Lipinski definition) is 2. The molecule has 0 heterocycles. The predicted octanol–water partition coefficient (Wildman–Crippen LogP) is 2.64. The van der Waals surface area contributed by atoms with Crippen molar-refractivity contribution in [2.75, 3.05) is 12.4 Å². The number of methoxy groups -OCH3 is 1. The van der Waals surface area contributed by atoms with Crippen LogP contribution in [0.15, 0.2) is 48.5 Å². The number of carbonyl (C=O) groups excluding carboxylic acids is 1. The van der Waals surface area contributed by atoms with E-state index in [0.29, 0.717) is 0 Å². The van der Waals surface area contributed by atoms with Gasteiger partial charge in [0.2, 0.25) is 5.91 Å². The molecule has 0 saturated heterocycles. The third kappa shape index (κ3) is 3.09. The number of rotatable bonds is 5. The molecule has 2 aromatic carbocycles. The molecule has 4 heteroatoms. The van der Waals surface area contributed by atoms with Gasteiger partial charge >= 0.3 is 0 Å². The highest BCUT2D eigenvalue weighted by Gasteiger charge is 2.18. The van der Waals surface area contributed by atoms with Gasteiger partial charge in [-0.25, -0.2) is 0 Å². The quantitative estimate of drug-likeness (QED) is 0.877. The number of ether oxygens (including phenoxy) is 1. The molecule has 0 aliphatic carbocycles. The van der Waals surface area contributed by atoms with Gasteiger partial charge in [0, 0.05) is 5.69 Å². The van der Waals surface area contributed by atoms with Crippen LogP contribution in [0.2, 0.25) is 0 Å². The van der Waals surface area contributed by atoms with Crippen LogP contribution in [-0.4, -0.2) is 13.0 Å². The summed E-state index contributed by atoms with van der Waals surface area (Å²) in [5.41, 5.74) is 8.27. The molecule has 104 valence electrons. The van der Waals surface area contributed by atoms with Crippen molar-refractivity contribution in [3.63, 3.8) is 0 Å². The van der Waals surface area contributed by atoms with Gasteiger partial charge in [-0.15, -0.1) is 0 Å². The highest BCUT2D eigenvalue weighted by atomic mass is 16.5. The van der Waals surface area contributed by atoms with E-state index in [0.717, 1.165) is 22.6 Å². The number of para-hydroxylation sites is 1. The van der Waals surface area contributed by atoms with E-state index in [2.05, 4.69) is 5.32 Å². The average molecular weight is 270 g/mol. The van der Waals surface area contributed by atoms with Crippen molar-refractivity contribution >= 4 is 11.6 Å². The first-order valence-electron chi connectivity index (χ1n) is 6.37. The van der Waals surface area contributed by atoms with E-state index in [-0.39, 0.29) is 0 Å². The zero-order valence-corrected chi connectivity index (χ0v) is 11.6. The van der Waals surface area contributed by atoms with Crippen molar-refractivity contribution in [1.29, 1.82) is 0 Å². The van der Waals surface area contributed by atoms with E-state index in [9.17, 15) is 4.79 Å². The highest BCUT2D eigenvalue weighted by Crippen LogP contribution is 2.23. The van der Waals surface area contributed by atoms with E-state index in [1.54, 1.807) is 7.11 Å². The Morgan fingerprint density at radius 2 is 1.80 bits per heavy atom. The molecule has 0 aliphatic rings. The maximum atomic E-state index is 11.7. The Bertz CT molecular complexity index is 594. The van der Waals surface area contributed by atoms with Gasteiger partial charge in [-0.2, -0.15) is 0 Å². The third-order valence-electron chi connectivity index (χ3n) is 3.18. The zero-order chi connectivity index (χ0) is 14.5. The average Bonchev–Trinajstić information content (AvgIpc) is 2.46. The number of carbonyl (C=O) groups is 1. The lowest BCUT2D eigenvalue weighted by Crippen LogP contribution is -2.27. The second kappa shape index (κ2) is 6.10. The summed E-state index contributed by atoms with van der Waals surface area (Å²) in [6, 6.07) is 14.5. The van der Waals surface area contributed by atoms with Crippen molar-refractivity contribution < 1.29 is 9.53 Å². The zero-order valence-electron chi connectivity index (χ0n) is 11.6. The molecule has 1 amide bonds. The number of primary amides is 1. The van der Waals surface area contributed by atoms with Gasteiger partial charge in [0.05, 0.1) is 7.11 Å². The maximum absolute atomic E-state index is 11.7. The lowest BCUT2D eigenvalue weighted by molar-refractivity contribution is -0.118. The fourth-order valence-electron chi connectivity index (χ4n) is 2.01. The van der Waals surface area contributed by atoms with Gasteiger partial charge in [-0.1, -0.05) is 30.3 Å². The molecule has 0 aliphatic heterocycles. The Hall–Kier alpha value is -2.49. The summed E-state index contributed by atoms with van der Waals surface area (Å²) in [6.07, 6.45) is 0. The number of anilines is 1. The first-order valence-corrected chi connectivity index (χ1v) is 6.37. The lowest BCUT2D eigenvalue weighted by Gasteiger charge is -2.18. The summed E-state index contributed by atoms with van der Waals surface area (Å²) in [7, 11) is 1.60. The third-order valence-corrected chi connectivity index (χ3v) is 3.18. The van der Waals surface area contributed by atoms with E-state index in [1.807, 2.05) is 55.5 Å². The van der Waals surface area contributed by atoms with Crippen LogP contribution < -0.4 is 15.8 Å². The van der Waals surface area contributed by atoms with Crippen LogP contribution in [0.5, 0.6) is 5.75 Å². The number of aryl methyl sites for hydroxylation is 1. The second-order valence-corrected chi connectivity index (χ2v) is 4.57. The minimum absolute atomic E-state index is 0.418. The molecule has 1 atom stereocenters. The van der Waals surface area contributed by atoms with Crippen LogP contribution in [0.4, 0.5) is 5.69 Å². The minimum atomic E-state index is -0.568. The van der Waals surface area contributed by atoms with Crippen LogP contribution in [0, 0.1) is 6.92 Å². The van der Waals surface area contributed by atoms with Crippen molar-refractivity contribution in [2.45, 2.75) is 13.0 Å². The van der Waals surface area contributed by atoms with Gasteiger partial charge in [0.25, 0.3) is 0 Å².